The molecule has 30 heavy (non-hydrogen) atoms. The van der Waals surface area contributed by atoms with Gasteiger partial charge in [-0.1, -0.05) is 44.4 Å². The smallest absolute Gasteiger partial charge is 0.224 e. The molecule has 0 radical (unpaired) electrons. The zero-order valence-corrected chi connectivity index (χ0v) is 19.2. The average Bonchev–Trinajstić information content (AvgIpc) is 2.62. The molecule has 2 N–H and O–H groups in total. The minimum Gasteiger partial charge on any atom is -0.359 e. The maximum absolute atomic E-state index is 12.1. The normalized spacial score (nSPS) is 10.7. The molecule has 3 heteroatoms. The Hall–Kier alpha value is -2.55. The Morgan fingerprint density at radius 2 is 1.03 bits per heavy atom. The lowest BCUT2D eigenvalue weighted by molar-refractivity contribution is -0.116. The van der Waals surface area contributed by atoms with Gasteiger partial charge < -0.3 is 10.6 Å². The predicted molar refractivity (Wildman–Crippen MR) is 130 cm³/mol. The number of hydrogen-bond acceptors (Lipinski definition) is 2. The molecule has 2 aromatic carbocycles. The zero-order chi connectivity index (χ0) is 21.9. The highest BCUT2D eigenvalue weighted by Crippen LogP contribution is 2.18. The molecule has 0 saturated heterocycles. The summed E-state index contributed by atoms with van der Waals surface area (Å²) in [6.07, 6.45) is 8.45. The van der Waals surface area contributed by atoms with Crippen LogP contribution in [0.2, 0.25) is 0 Å². The number of nitrogens with one attached hydrogen (secondary N) is 2. The molecule has 2 rings (SSSR count). The van der Waals surface area contributed by atoms with E-state index >= 15 is 0 Å². The van der Waals surface area contributed by atoms with E-state index in [0.717, 1.165) is 42.8 Å². The van der Waals surface area contributed by atoms with Gasteiger partial charge in [-0.15, -0.1) is 0 Å². The molecule has 0 atom stereocenters. The van der Waals surface area contributed by atoms with Crippen LogP contribution in [0.3, 0.4) is 0 Å². The molecule has 0 aromatic heterocycles. The van der Waals surface area contributed by atoms with Gasteiger partial charge in [0.1, 0.15) is 0 Å². The fourth-order valence-electron chi connectivity index (χ4n) is 3.91. The van der Waals surface area contributed by atoms with E-state index in [2.05, 4.69) is 69.2 Å². The molecule has 3 nitrogen and oxygen atoms in total. The highest BCUT2D eigenvalue weighted by atomic mass is 16.1. The molecule has 1 amide bonds. The van der Waals surface area contributed by atoms with Gasteiger partial charge in [-0.25, -0.2) is 0 Å². The summed E-state index contributed by atoms with van der Waals surface area (Å²) in [4.78, 5) is 12.1. The lowest BCUT2D eigenvalue weighted by atomic mass is 10.1. The van der Waals surface area contributed by atoms with E-state index in [0.29, 0.717) is 6.42 Å². The molecule has 0 heterocycles. The number of carbonyl (C=O) groups is 1. The number of carbonyl (C=O) groups excluding carboxylic acids is 1. The second-order valence-electron chi connectivity index (χ2n) is 8.65. The van der Waals surface area contributed by atoms with Gasteiger partial charge in [0.2, 0.25) is 5.91 Å². The lowest BCUT2D eigenvalue weighted by Gasteiger charge is -2.11. The Balaban J connectivity index is 1.51. The second kappa shape index (κ2) is 12.2. The number of rotatable bonds is 12. The maximum Gasteiger partial charge on any atom is 0.224 e. The number of hydrogen-bond donors (Lipinski definition) is 2. The van der Waals surface area contributed by atoms with Crippen molar-refractivity contribution in [2.24, 2.45) is 0 Å². The molecule has 0 aliphatic carbocycles. The fourth-order valence-corrected chi connectivity index (χ4v) is 3.91. The van der Waals surface area contributed by atoms with Gasteiger partial charge in [-0.3, -0.25) is 4.79 Å². The third-order valence-electron chi connectivity index (χ3n) is 5.18. The highest BCUT2D eigenvalue weighted by Gasteiger charge is 2.04. The maximum atomic E-state index is 12.1. The first-order chi connectivity index (χ1) is 14.3. The molecule has 0 bridgehead atoms. The van der Waals surface area contributed by atoms with Crippen LogP contribution in [0.15, 0.2) is 48.7 Å². The summed E-state index contributed by atoms with van der Waals surface area (Å²) in [7, 11) is 0. The summed E-state index contributed by atoms with van der Waals surface area (Å²) in [5, 5.41) is 6.45. The van der Waals surface area contributed by atoms with Crippen LogP contribution in [0.4, 0.5) is 11.4 Å². The van der Waals surface area contributed by atoms with Crippen molar-refractivity contribution in [3.05, 3.63) is 70.9 Å². The minimum atomic E-state index is 0.119. The lowest BCUT2D eigenvalue weighted by Crippen LogP contribution is -2.11. The van der Waals surface area contributed by atoms with Crippen LogP contribution in [0.5, 0.6) is 0 Å². The first-order valence-corrected chi connectivity index (χ1v) is 11.2. The summed E-state index contributed by atoms with van der Waals surface area (Å²) in [6.45, 7) is 12.5. The van der Waals surface area contributed by atoms with Crippen molar-refractivity contribution in [2.45, 2.75) is 79.1 Å². The number of allylic oxidation sites excluding steroid dienone is 1. The summed E-state index contributed by atoms with van der Waals surface area (Å²) in [5.74, 6) is 0.119. The quantitative estimate of drug-likeness (QED) is 0.356. The van der Waals surface area contributed by atoms with Gasteiger partial charge in [0, 0.05) is 23.5 Å². The van der Waals surface area contributed by atoms with E-state index < -0.39 is 0 Å². The van der Waals surface area contributed by atoms with Gasteiger partial charge in [-0.05, 0) is 93.5 Å². The van der Waals surface area contributed by atoms with Crippen molar-refractivity contribution in [3.63, 3.8) is 0 Å². The van der Waals surface area contributed by atoms with E-state index in [9.17, 15) is 4.79 Å². The Kier molecular flexibility index (Phi) is 9.66. The summed E-state index contributed by atoms with van der Waals surface area (Å²) < 4.78 is 0. The Bertz CT molecular complexity index is 742. The van der Waals surface area contributed by atoms with E-state index in [1.807, 2.05) is 12.1 Å². The van der Waals surface area contributed by atoms with Crippen LogP contribution < -0.4 is 10.6 Å². The molecule has 162 valence electrons. The first-order valence-electron chi connectivity index (χ1n) is 11.2. The van der Waals surface area contributed by atoms with Gasteiger partial charge in [0.25, 0.3) is 0 Å². The van der Waals surface area contributed by atoms with Crippen molar-refractivity contribution >= 4 is 17.3 Å². The minimum absolute atomic E-state index is 0.119. The largest absolute Gasteiger partial charge is 0.359 e. The van der Waals surface area contributed by atoms with Crippen LogP contribution in [0.25, 0.3) is 0 Å². The van der Waals surface area contributed by atoms with Gasteiger partial charge in [0.15, 0.2) is 0 Å². The Morgan fingerprint density at radius 3 is 1.53 bits per heavy atom. The predicted octanol–water partition coefficient (Wildman–Crippen LogP) is 7.61. The van der Waals surface area contributed by atoms with Crippen molar-refractivity contribution in [2.75, 3.05) is 10.6 Å². The van der Waals surface area contributed by atoms with Crippen molar-refractivity contribution in [1.82, 2.24) is 0 Å². The summed E-state index contributed by atoms with van der Waals surface area (Å²) >= 11 is 0. The van der Waals surface area contributed by atoms with Crippen LogP contribution in [-0.2, 0) is 4.79 Å². The number of anilines is 2. The third kappa shape index (κ3) is 9.30. The number of benzene rings is 2. The highest BCUT2D eigenvalue weighted by molar-refractivity contribution is 5.90. The number of unbranched alkanes of at least 4 members (excludes halogenated alkanes) is 5. The van der Waals surface area contributed by atoms with E-state index in [-0.39, 0.29) is 5.91 Å². The molecule has 2 aromatic rings. The van der Waals surface area contributed by atoms with Crippen LogP contribution in [0, 0.1) is 27.7 Å². The van der Waals surface area contributed by atoms with Gasteiger partial charge in [0.05, 0.1) is 0 Å². The van der Waals surface area contributed by atoms with E-state index in [4.69, 9.17) is 0 Å². The third-order valence-corrected chi connectivity index (χ3v) is 5.18. The number of amides is 1. The molecule has 0 unspecified atom stereocenters. The van der Waals surface area contributed by atoms with E-state index in [1.54, 1.807) is 0 Å². The topological polar surface area (TPSA) is 41.1 Å². The molecule has 0 aliphatic rings. The summed E-state index contributed by atoms with van der Waals surface area (Å²) in [5.41, 5.74) is 8.03. The molecule has 0 spiro atoms. The molecule has 0 saturated carbocycles. The number of aryl methyl sites for hydroxylation is 4. The first kappa shape index (κ1) is 23.7. The SMILES string of the molecule is C=C(CCCCCCCCC(=O)Nc1cc(C)cc(C)c1)Nc1cc(C)cc(C)c1. The fraction of sp³-hybridized carbons (Fsp3) is 0.444. The molecule has 0 fully saturated rings. The van der Waals surface area contributed by atoms with Crippen LogP contribution in [0.1, 0.15) is 73.6 Å². The van der Waals surface area contributed by atoms with Crippen LogP contribution in [-0.4, -0.2) is 5.91 Å². The summed E-state index contributed by atoms with van der Waals surface area (Å²) in [6, 6.07) is 12.7. The Morgan fingerprint density at radius 1 is 0.633 bits per heavy atom. The van der Waals surface area contributed by atoms with Crippen molar-refractivity contribution in [3.8, 4) is 0 Å². The van der Waals surface area contributed by atoms with E-state index in [1.165, 1.54) is 41.5 Å². The zero-order valence-electron chi connectivity index (χ0n) is 19.2. The second-order valence-corrected chi connectivity index (χ2v) is 8.65. The van der Waals surface area contributed by atoms with Gasteiger partial charge >= 0.3 is 0 Å². The monoisotopic (exact) mass is 406 g/mol. The van der Waals surface area contributed by atoms with Crippen LogP contribution >= 0.6 is 0 Å². The average molecular weight is 407 g/mol. The standard InChI is InChI=1S/C27H38N2O/c1-20-14-21(2)17-25(16-20)28-24(5)12-10-8-6-7-9-11-13-27(30)29-26-18-22(3)15-23(4)19-26/h14-19,28H,5-13H2,1-4H3,(H,29,30). The van der Waals surface area contributed by atoms with Gasteiger partial charge in [-0.2, -0.15) is 0 Å². The van der Waals surface area contributed by atoms with Crippen molar-refractivity contribution in [1.29, 1.82) is 0 Å². The van der Waals surface area contributed by atoms with Crippen molar-refractivity contribution < 1.29 is 4.79 Å². The molecule has 0 aliphatic heterocycles. The molecular weight excluding hydrogens is 368 g/mol. The molecular formula is C27H38N2O. The Labute approximate surface area is 183 Å².